The second-order valence-corrected chi connectivity index (χ2v) is 6.75. The van der Waals surface area contributed by atoms with Crippen molar-refractivity contribution in [1.29, 1.82) is 0 Å². The number of likely N-dealkylation sites (N-methyl/N-ethyl adjacent to an activating group) is 2. The molecule has 0 radical (unpaired) electrons. The molecule has 2 aromatic rings. The summed E-state index contributed by atoms with van der Waals surface area (Å²) >= 11 is 2.07. The van der Waals surface area contributed by atoms with Crippen LogP contribution in [0.1, 0.15) is 18.5 Å². The molecule has 0 aliphatic carbocycles. The second-order valence-electron chi connectivity index (χ2n) is 5.60. The average molecular weight is 301 g/mol. The van der Waals surface area contributed by atoms with Crippen molar-refractivity contribution in [3.63, 3.8) is 0 Å². The number of hydrogen-bond acceptors (Lipinski definition) is 4. The first kappa shape index (κ1) is 14.8. The Labute approximate surface area is 131 Å². The summed E-state index contributed by atoms with van der Waals surface area (Å²) in [6.45, 7) is 4.35. The smallest absolute Gasteiger partial charge is 0.0492 e. The zero-order valence-corrected chi connectivity index (χ0v) is 13.6. The van der Waals surface area contributed by atoms with E-state index in [1.807, 2.05) is 12.4 Å². The van der Waals surface area contributed by atoms with Gasteiger partial charge in [0.25, 0.3) is 0 Å². The van der Waals surface area contributed by atoms with E-state index in [4.69, 9.17) is 0 Å². The molecule has 1 aromatic carbocycles. The lowest BCUT2D eigenvalue weighted by Gasteiger charge is -2.38. The van der Waals surface area contributed by atoms with Gasteiger partial charge < -0.3 is 5.32 Å². The summed E-state index contributed by atoms with van der Waals surface area (Å²) in [4.78, 5) is 6.76. The molecule has 3 rings (SSSR count). The third-order valence-electron chi connectivity index (χ3n) is 4.30. The third kappa shape index (κ3) is 3.07. The Balaban J connectivity index is 2.02. The van der Waals surface area contributed by atoms with Crippen molar-refractivity contribution < 1.29 is 0 Å². The van der Waals surface area contributed by atoms with Crippen LogP contribution >= 0.6 is 11.8 Å². The molecular formula is C17H23N3S. The lowest BCUT2D eigenvalue weighted by molar-refractivity contribution is 0.218. The number of fused-ring (bicyclic) bond motifs is 1. The number of aromatic nitrogens is 1. The van der Waals surface area contributed by atoms with Crippen molar-refractivity contribution in [2.45, 2.75) is 19.0 Å². The predicted octanol–water partition coefficient (Wildman–Crippen LogP) is 2.93. The van der Waals surface area contributed by atoms with Gasteiger partial charge in [-0.15, -0.1) is 0 Å². The molecule has 4 heteroatoms. The Bertz CT molecular complexity index is 596. The molecule has 0 amide bonds. The molecule has 21 heavy (non-hydrogen) atoms. The van der Waals surface area contributed by atoms with Crippen molar-refractivity contribution >= 4 is 22.5 Å². The topological polar surface area (TPSA) is 28.2 Å². The van der Waals surface area contributed by atoms with Crippen LogP contribution in [0, 0.1) is 0 Å². The zero-order valence-electron chi connectivity index (χ0n) is 12.7. The molecular weight excluding hydrogens is 278 g/mol. The number of pyridine rings is 1. The van der Waals surface area contributed by atoms with Crippen LogP contribution in [0.4, 0.5) is 0 Å². The standard InChI is InChI=1S/C17H23N3S/c1-3-19-17(16-12-21-10-9-20(16)2)15-6-4-5-13-11-18-8-7-14(13)15/h4-8,11,16-17,19H,3,9-10,12H2,1-2H3. The Morgan fingerprint density at radius 2 is 2.33 bits per heavy atom. The van der Waals surface area contributed by atoms with Gasteiger partial charge in [0.15, 0.2) is 0 Å². The molecule has 1 aliphatic heterocycles. The van der Waals surface area contributed by atoms with E-state index in [1.54, 1.807) is 0 Å². The summed E-state index contributed by atoms with van der Waals surface area (Å²) < 4.78 is 0. The quantitative estimate of drug-likeness (QED) is 0.940. The maximum atomic E-state index is 4.25. The number of hydrogen-bond donors (Lipinski definition) is 1. The fourth-order valence-corrected chi connectivity index (χ4v) is 4.42. The van der Waals surface area contributed by atoms with E-state index < -0.39 is 0 Å². The molecule has 1 aromatic heterocycles. The predicted molar refractivity (Wildman–Crippen MR) is 91.9 cm³/mol. The van der Waals surface area contributed by atoms with Gasteiger partial charge in [-0.3, -0.25) is 9.88 Å². The highest BCUT2D eigenvalue weighted by Gasteiger charge is 2.29. The van der Waals surface area contributed by atoms with Gasteiger partial charge in [-0.1, -0.05) is 25.1 Å². The Kier molecular flexibility index (Phi) is 4.78. The average Bonchev–Trinajstić information content (AvgIpc) is 2.53. The number of thioether (sulfide) groups is 1. The highest BCUT2D eigenvalue weighted by molar-refractivity contribution is 7.99. The molecule has 112 valence electrons. The van der Waals surface area contributed by atoms with E-state index >= 15 is 0 Å². The second kappa shape index (κ2) is 6.77. The van der Waals surface area contributed by atoms with E-state index in [9.17, 15) is 0 Å². The third-order valence-corrected chi connectivity index (χ3v) is 5.35. The van der Waals surface area contributed by atoms with Gasteiger partial charge >= 0.3 is 0 Å². The van der Waals surface area contributed by atoms with Crippen molar-refractivity contribution in [2.75, 3.05) is 31.6 Å². The summed E-state index contributed by atoms with van der Waals surface area (Å²) in [7, 11) is 2.25. The van der Waals surface area contributed by atoms with Gasteiger partial charge in [0, 0.05) is 47.9 Å². The minimum absolute atomic E-state index is 0.374. The van der Waals surface area contributed by atoms with Crippen LogP contribution in [-0.2, 0) is 0 Å². The molecule has 1 saturated heterocycles. The van der Waals surface area contributed by atoms with Crippen LogP contribution in [0.5, 0.6) is 0 Å². The maximum absolute atomic E-state index is 4.25. The SMILES string of the molecule is CCNC(c1cccc2cnccc12)C1CSCCN1C. The highest BCUT2D eigenvalue weighted by atomic mass is 32.2. The van der Waals surface area contributed by atoms with Crippen LogP contribution in [0.15, 0.2) is 36.7 Å². The minimum Gasteiger partial charge on any atom is -0.309 e. The Hall–Kier alpha value is -1.10. The largest absolute Gasteiger partial charge is 0.309 e. The first-order chi connectivity index (χ1) is 10.3. The fourth-order valence-electron chi connectivity index (χ4n) is 3.15. The molecule has 1 N–H and O–H groups in total. The maximum Gasteiger partial charge on any atom is 0.0492 e. The molecule has 2 atom stereocenters. The van der Waals surface area contributed by atoms with Crippen LogP contribution in [0.3, 0.4) is 0 Å². The summed E-state index contributed by atoms with van der Waals surface area (Å²) in [6.07, 6.45) is 3.86. The lowest BCUT2D eigenvalue weighted by Crippen LogP contribution is -2.47. The van der Waals surface area contributed by atoms with Crippen molar-refractivity contribution in [3.8, 4) is 0 Å². The minimum atomic E-state index is 0.374. The highest BCUT2D eigenvalue weighted by Crippen LogP contribution is 2.31. The number of benzene rings is 1. The van der Waals surface area contributed by atoms with Crippen molar-refractivity contribution in [2.24, 2.45) is 0 Å². The number of rotatable bonds is 4. The number of nitrogens with one attached hydrogen (secondary N) is 1. The van der Waals surface area contributed by atoms with E-state index in [2.05, 4.69) is 65.2 Å². The van der Waals surface area contributed by atoms with Gasteiger partial charge in [-0.2, -0.15) is 11.8 Å². The molecule has 0 bridgehead atoms. The Morgan fingerprint density at radius 3 is 3.14 bits per heavy atom. The summed E-state index contributed by atoms with van der Waals surface area (Å²) in [5.74, 6) is 2.43. The van der Waals surface area contributed by atoms with E-state index in [0.717, 1.165) is 6.54 Å². The monoisotopic (exact) mass is 301 g/mol. The molecule has 2 unspecified atom stereocenters. The van der Waals surface area contributed by atoms with Gasteiger partial charge in [-0.25, -0.2) is 0 Å². The zero-order chi connectivity index (χ0) is 14.7. The molecule has 3 nitrogen and oxygen atoms in total. The van der Waals surface area contributed by atoms with Crippen LogP contribution in [0.2, 0.25) is 0 Å². The summed E-state index contributed by atoms with van der Waals surface area (Å²) in [5, 5.41) is 6.26. The van der Waals surface area contributed by atoms with Crippen LogP contribution < -0.4 is 5.32 Å². The fraction of sp³-hybridized carbons (Fsp3) is 0.471. The first-order valence-electron chi connectivity index (χ1n) is 7.65. The molecule has 0 saturated carbocycles. The van der Waals surface area contributed by atoms with E-state index in [0.29, 0.717) is 12.1 Å². The van der Waals surface area contributed by atoms with E-state index in [1.165, 1.54) is 34.4 Å². The summed E-state index contributed by atoms with van der Waals surface area (Å²) in [5.41, 5.74) is 1.40. The van der Waals surface area contributed by atoms with E-state index in [-0.39, 0.29) is 0 Å². The first-order valence-corrected chi connectivity index (χ1v) is 8.80. The molecule has 0 spiro atoms. The molecule has 2 heterocycles. The Morgan fingerprint density at radius 1 is 1.43 bits per heavy atom. The summed E-state index contributed by atoms with van der Waals surface area (Å²) in [6, 6.07) is 9.63. The van der Waals surface area contributed by atoms with Crippen LogP contribution in [0.25, 0.3) is 10.8 Å². The molecule has 1 fully saturated rings. The van der Waals surface area contributed by atoms with Gasteiger partial charge in [0.1, 0.15) is 0 Å². The normalized spacial score (nSPS) is 21.5. The van der Waals surface area contributed by atoms with Crippen molar-refractivity contribution in [1.82, 2.24) is 15.2 Å². The van der Waals surface area contributed by atoms with Gasteiger partial charge in [0.05, 0.1) is 0 Å². The van der Waals surface area contributed by atoms with Gasteiger partial charge in [-0.05, 0) is 30.6 Å². The number of nitrogens with zero attached hydrogens (tertiary/aromatic N) is 2. The van der Waals surface area contributed by atoms with Crippen molar-refractivity contribution in [3.05, 3.63) is 42.2 Å². The lowest BCUT2D eigenvalue weighted by atomic mass is 9.94. The van der Waals surface area contributed by atoms with Gasteiger partial charge in [0.2, 0.25) is 0 Å². The van der Waals surface area contributed by atoms with Crippen LogP contribution in [-0.4, -0.2) is 47.6 Å². The molecule has 1 aliphatic rings.